The average molecular weight is 225 g/mol. The molecule has 5 nitrogen and oxygen atoms in total. The smallest absolute Gasteiger partial charge is 0.162 e. The lowest BCUT2D eigenvalue weighted by Gasteiger charge is -2.29. The van der Waals surface area contributed by atoms with Crippen LogP contribution in [0.15, 0.2) is 10.6 Å². The molecule has 2 heterocycles. The standard InChI is InChI=1S/C11H19N3O2/c1-15-8-11-5-10(13-16-11)7-14-4-2-3-9(12)6-14/h5,9H,2-4,6-8,12H2,1H3/t9-/m1/s1. The van der Waals surface area contributed by atoms with E-state index in [1.165, 1.54) is 6.42 Å². The molecule has 0 amide bonds. The van der Waals surface area contributed by atoms with E-state index in [9.17, 15) is 0 Å². The van der Waals surface area contributed by atoms with Crippen LogP contribution in [0.5, 0.6) is 0 Å². The molecule has 0 saturated carbocycles. The zero-order valence-electron chi connectivity index (χ0n) is 9.69. The van der Waals surface area contributed by atoms with Gasteiger partial charge in [0.15, 0.2) is 5.76 Å². The summed E-state index contributed by atoms with van der Waals surface area (Å²) in [6.45, 7) is 3.35. The molecule has 5 heteroatoms. The second-order valence-electron chi connectivity index (χ2n) is 4.35. The van der Waals surface area contributed by atoms with E-state index in [4.69, 9.17) is 15.0 Å². The number of nitrogens with zero attached hydrogens (tertiary/aromatic N) is 2. The average Bonchev–Trinajstić information content (AvgIpc) is 2.66. The second kappa shape index (κ2) is 5.43. The van der Waals surface area contributed by atoms with E-state index in [1.807, 2.05) is 6.07 Å². The van der Waals surface area contributed by atoms with Crippen molar-refractivity contribution >= 4 is 0 Å². The van der Waals surface area contributed by atoms with Crippen LogP contribution in [0.1, 0.15) is 24.3 Å². The van der Waals surface area contributed by atoms with Gasteiger partial charge in [-0.05, 0) is 19.4 Å². The molecule has 16 heavy (non-hydrogen) atoms. The molecule has 1 aromatic heterocycles. The minimum absolute atomic E-state index is 0.305. The van der Waals surface area contributed by atoms with E-state index in [1.54, 1.807) is 7.11 Å². The molecule has 0 unspecified atom stereocenters. The third-order valence-electron chi connectivity index (χ3n) is 2.82. The predicted molar refractivity (Wildman–Crippen MR) is 59.7 cm³/mol. The van der Waals surface area contributed by atoms with Crippen molar-refractivity contribution in [1.82, 2.24) is 10.1 Å². The molecule has 2 N–H and O–H groups in total. The Balaban J connectivity index is 1.87. The summed E-state index contributed by atoms with van der Waals surface area (Å²) in [5, 5.41) is 4.02. The van der Waals surface area contributed by atoms with Gasteiger partial charge in [-0.25, -0.2) is 0 Å². The number of rotatable bonds is 4. The van der Waals surface area contributed by atoms with Crippen molar-refractivity contribution in [2.45, 2.75) is 32.0 Å². The lowest BCUT2D eigenvalue weighted by Crippen LogP contribution is -2.42. The number of piperidine rings is 1. The zero-order chi connectivity index (χ0) is 11.4. The summed E-state index contributed by atoms with van der Waals surface area (Å²) in [5.41, 5.74) is 6.89. The first kappa shape index (κ1) is 11.6. The Morgan fingerprint density at radius 1 is 1.69 bits per heavy atom. The molecular formula is C11H19N3O2. The molecule has 0 bridgehead atoms. The Morgan fingerprint density at radius 2 is 2.56 bits per heavy atom. The summed E-state index contributed by atoms with van der Waals surface area (Å²) in [7, 11) is 1.64. The largest absolute Gasteiger partial charge is 0.377 e. The Morgan fingerprint density at radius 3 is 3.31 bits per heavy atom. The van der Waals surface area contributed by atoms with Crippen LogP contribution < -0.4 is 5.73 Å². The SMILES string of the molecule is COCc1cc(CN2CCC[C@@H](N)C2)no1. The van der Waals surface area contributed by atoms with Crippen molar-refractivity contribution < 1.29 is 9.26 Å². The number of hydrogen-bond acceptors (Lipinski definition) is 5. The molecule has 0 aromatic carbocycles. The van der Waals surface area contributed by atoms with E-state index < -0.39 is 0 Å². The van der Waals surface area contributed by atoms with Crippen LogP contribution in [0, 0.1) is 0 Å². The first-order valence-electron chi connectivity index (χ1n) is 5.69. The summed E-state index contributed by atoms with van der Waals surface area (Å²) in [6.07, 6.45) is 2.30. The molecular weight excluding hydrogens is 206 g/mol. The van der Waals surface area contributed by atoms with Gasteiger partial charge in [0.25, 0.3) is 0 Å². The fraction of sp³-hybridized carbons (Fsp3) is 0.727. The van der Waals surface area contributed by atoms with E-state index in [-0.39, 0.29) is 0 Å². The van der Waals surface area contributed by atoms with Crippen molar-refractivity contribution in [3.05, 3.63) is 17.5 Å². The van der Waals surface area contributed by atoms with Gasteiger partial charge in [-0.3, -0.25) is 4.90 Å². The van der Waals surface area contributed by atoms with Crippen LogP contribution in [0.4, 0.5) is 0 Å². The molecule has 0 radical (unpaired) electrons. The molecule has 0 aliphatic carbocycles. The fourth-order valence-electron chi connectivity index (χ4n) is 2.10. The second-order valence-corrected chi connectivity index (χ2v) is 4.35. The van der Waals surface area contributed by atoms with Gasteiger partial charge in [0.1, 0.15) is 6.61 Å². The van der Waals surface area contributed by atoms with Crippen molar-refractivity contribution in [2.24, 2.45) is 5.73 Å². The maximum absolute atomic E-state index is 5.93. The van der Waals surface area contributed by atoms with Gasteiger partial charge in [0.2, 0.25) is 0 Å². The van der Waals surface area contributed by atoms with E-state index in [0.29, 0.717) is 12.6 Å². The highest BCUT2D eigenvalue weighted by Crippen LogP contribution is 2.13. The van der Waals surface area contributed by atoms with Crippen LogP contribution in [0.25, 0.3) is 0 Å². The highest BCUT2D eigenvalue weighted by Gasteiger charge is 2.17. The normalized spacial score (nSPS) is 22.5. The molecule has 1 saturated heterocycles. The monoisotopic (exact) mass is 225 g/mol. The maximum atomic E-state index is 5.93. The van der Waals surface area contributed by atoms with Crippen molar-refractivity contribution in [3.8, 4) is 0 Å². The molecule has 1 atom stereocenters. The van der Waals surface area contributed by atoms with Gasteiger partial charge in [-0.1, -0.05) is 5.16 Å². The highest BCUT2D eigenvalue weighted by molar-refractivity contribution is 5.04. The summed E-state index contributed by atoms with van der Waals surface area (Å²) in [4.78, 5) is 2.32. The number of likely N-dealkylation sites (tertiary alicyclic amines) is 1. The topological polar surface area (TPSA) is 64.5 Å². The van der Waals surface area contributed by atoms with Crippen molar-refractivity contribution in [2.75, 3.05) is 20.2 Å². The Bertz CT molecular complexity index is 327. The number of aromatic nitrogens is 1. The highest BCUT2D eigenvalue weighted by atomic mass is 16.5. The molecule has 0 spiro atoms. The van der Waals surface area contributed by atoms with Gasteiger partial charge < -0.3 is 15.0 Å². The van der Waals surface area contributed by atoms with Crippen LogP contribution >= 0.6 is 0 Å². The fourth-order valence-corrected chi connectivity index (χ4v) is 2.10. The Hall–Kier alpha value is -0.910. The van der Waals surface area contributed by atoms with E-state index >= 15 is 0 Å². The predicted octanol–water partition coefficient (Wildman–Crippen LogP) is 0.744. The van der Waals surface area contributed by atoms with Gasteiger partial charge in [-0.15, -0.1) is 0 Å². The molecule has 1 aliphatic rings. The molecule has 90 valence electrons. The maximum Gasteiger partial charge on any atom is 0.162 e. The van der Waals surface area contributed by atoms with Gasteiger partial charge in [-0.2, -0.15) is 0 Å². The van der Waals surface area contributed by atoms with Crippen LogP contribution in [-0.2, 0) is 17.9 Å². The van der Waals surface area contributed by atoms with Crippen LogP contribution in [0.3, 0.4) is 0 Å². The summed E-state index contributed by atoms with van der Waals surface area (Å²) < 4.78 is 10.1. The summed E-state index contributed by atoms with van der Waals surface area (Å²) in [6, 6.07) is 2.25. The minimum atomic E-state index is 0.305. The van der Waals surface area contributed by atoms with Gasteiger partial charge in [0, 0.05) is 32.3 Å². The Kier molecular flexibility index (Phi) is 3.93. The molecule has 1 aromatic rings. The summed E-state index contributed by atoms with van der Waals surface area (Å²) in [5.74, 6) is 0.777. The number of methoxy groups -OCH3 is 1. The van der Waals surface area contributed by atoms with Crippen molar-refractivity contribution in [1.29, 1.82) is 0 Å². The first-order chi connectivity index (χ1) is 7.78. The van der Waals surface area contributed by atoms with Gasteiger partial charge >= 0.3 is 0 Å². The lowest BCUT2D eigenvalue weighted by atomic mass is 10.1. The Labute approximate surface area is 95.5 Å². The third-order valence-corrected chi connectivity index (χ3v) is 2.82. The van der Waals surface area contributed by atoms with E-state index in [0.717, 1.165) is 37.5 Å². The van der Waals surface area contributed by atoms with Crippen LogP contribution in [0.2, 0.25) is 0 Å². The lowest BCUT2D eigenvalue weighted by molar-refractivity contribution is 0.155. The zero-order valence-corrected chi connectivity index (χ0v) is 9.69. The van der Waals surface area contributed by atoms with Crippen LogP contribution in [-0.4, -0.2) is 36.3 Å². The summed E-state index contributed by atoms with van der Waals surface area (Å²) >= 11 is 0. The molecule has 2 rings (SSSR count). The molecule has 1 aliphatic heterocycles. The van der Waals surface area contributed by atoms with E-state index in [2.05, 4.69) is 10.1 Å². The quantitative estimate of drug-likeness (QED) is 0.819. The van der Waals surface area contributed by atoms with Gasteiger partial charge in [0.05, 0.1) is 5.69 Å². The first-order valence-corrected chi connectivity index (χ1v) is 5.69. The number of ether oxygens (including phenoxy) is 1. The number of nitrogens with two attached hydrogens (primary N) is 1. The minimum Gasteiger partial charge on any atom is -0.377 e. The van der Waals surface area contributed by atoms with Crippen molar-refractivity contribution in [3.63, 3.8) is 0 Å². The molecule has 1 fully saturated rings. The third kappa shape index (κ3) is 3.04. The number of hydrogen-bond donors (Lipinski definition) is 1.